The Balaban J connectivity index is 0.000000167. The summed E-state index contributed by atoms with van der Waals surface area (Å²) in [6.07, 6.45) is 3.15. The standard InChI is InChI=1S/C17H25BN2O3.C15H15ClN4O.C4H2Cl2N2/c1-11(2)20-14-10-12(8-9-13(14)19-15(20)21-7)18-22-16(3,4)17(5,6)23-18;1-9(2)20-13-8-10(11-6-7-17-14(16)18-11)4-5-12(13)19-15(20)21-3;5-3-1-2-7-4(6)8-3/h8-11H,1-7H3;4-9H,1-3H3;1-2H. The Kier molecular flexibility index (Phi) is 12.0. The number of benzene rings is 2. The van der Waals surface area contributed by atoms with E-state index in [4.69, 9.17) is 53.6 Å². The van der Waals surface area contributed by atoms with Gasteiger partial charge in [0, 0.05) is 30.0 Å². The minimum Gasteiger partial charge on any atom is -0.468 e. The van der Waals surface area contributed by atoms with Crippen LogP contribution in [-0.2, 0) is 9.31 Å². The van der Waals surface area contributed by atoms with E-state index in [1.807, 2.05) is 36.4 Å². The SMILES string of the molecule is COc1nc2ccc(-c3ccnc(Cl)n3)cc2n1C(C)C.COc1nc2ccc(B3OC(C)(C)C(C)(C)O3)cc2n1C(C)C.Clc1ccnc(Cl)n1. The van der Waals surface area contributed by atoms with Gasteiger partial charge in [-0.05, 0) is 120 Å². The van der Waals surface area contributed by atoms with E-state index in [2.05, 4.69) is 100 Å². The van der Waals surface area contributed by atoms with Crippen LogP contribution in [0.4, 0.5) is 0 Å². The van der Waals surface area contributed by atoms with E-state index in [-0.39, 0.29) is 41.0 Å². The van der Waals surface area contributed by atoms with Gasteiger partial charge in [0.15, 0.2) is 0 Å². The third-order valence-electron chi connectivity index (χ3n) is 8.78. The molecule has 52 heavy (non-hydrogen) atoms. The molecule has 0 bridgehead atoms. The minimum atomic E-state index is -0.370. The molecule has 0 spiro atoms. The summed E-state index contributed by atoms with van der Waals surface area (Å²) in [5.41, 5.74) is 5.91. The van der Waals surface area contributed by atoms with E-state index in [0.717, 1.165) is 38.8 Å². The Labute approximate surface area is 318 Å². The predicted octanol–water partition coefficient (Wildman–Crippen LogP) is 8.44. The number of hydrogen-bond donors (Lipinski definition) is 0. The summed E-state index contributed by atoms with van der Waals surface area (Å²) in [7, 11) is 2.91. The third kappa shape index (κ3) is 8.45. The fourth-order valence-corrected chi connectivity index (χ4v) is 6.01. The highest BCUT2D eigenvalue weighted by atomic mass is 35.5. The molecule has 2 aromatic carbocycles. The van der Waals surface area contributed by atoms with E-state index in [1.54, 1.807) is 26.5 Å². The van der Waals surface area contributed by atoms with E-state index < -0.39 is 0 Å². The van der Waals surface area contributed by atoms with Crippen LogP contribution in [0, 0.1) is 0 Å². The van der Waals surface area contributed by atoms with Gasteiger partial charge < -0.3 is 18.8 Å². The van der Waals surface area contributed by atoms with Crippen LogP contribution in [0.25, 0.3) is 33.3 Å². The molecule has 16 heteroatoms. The van der Waals surface area contributed by atoms with Gasteiger partial charge in [0.1, 0.15) is 5.15 Å². The van der Waals surface area contributed by atoms with Crippen LogP contribution in [-0.4, -0.2) is 71.6 Å². The zero-order valence-corrected chi connectivity index (χ0v) is 33.1. The monoisotopic (exact) mass is 766 g/mol. The average Bonchev–Trinajstić information content (AvgIpc) is 3.72. The maximum atomic E-state index is 6.15. The molecule has 0 saturated carbocycles. The number of fused-ring (bicyclic) bond motifs is 2. The van der Waals surface area contributed by atoms with Gasteiger partial charge in [-0.3, -0.25) is 9.13 Å². The summed E-state index contributed by atoms with van der Waals surface area (Å²) < 4.78 is 27.2. The lowest BCUT2D eigenvalue weighted by atomic mass is 9.79. The summed E-state index contributed by atoms with van der Waals surface area (Å²) in [4.78, 5) is 24.4. The van der Waals surface area contributed by atoms with Crippen molar-refractivity contribution in [2.75, 3.05) is 14.2 Å². The Morgan fingerprint density at radius 3 is 1.62 bits per heavy atom. The second-order valence-electron chi connectivity index (χ2n) is 13.5. The molecule has 0 aliphatic carbocycles. The molecule has 0 atom stereocenters. The van der Waals surface area contributed by atoms with Gasteiger partial charge in [-0.1, -0.05) is 23.7 Å². The number of rotatable bonds is 6. The van der Waals surface area contributed by atoms with E-state index in [1.165, 1.54) is 6.20 Å². The molecule has 0 N–H and O–H groups in total. The molecule has 0 amide bonds. The summed E-state index contributed by atoms with van der Waals surface area (Å²) in [6.45, 7) is 16.7. The van der Waals surface area contributed by atoms with Crippen molar-refractivity contribution < 1.29 is 18.8 Å². The summed E-state index contributed by atoms with van der Waals surface area (Å²) >= 11 is 16.6. The number of halogens is 3. The number of hydrogen-bond acceptors (Lipinski definition) is 10. The molecule has 7 rings (SSSR count). The van der Waals surface area contributed by atoms with Gasteiger partial charge in [0.25, 0.3) is 12.0 Å². The largest absolute Gasteiger partial charge is 0.494 e. The first-order chi connectivity index (χ1) is 24.5. The number of methoxy groups -OCH3 is 2. The quantitative estimate of drug-likeness (QED) is 0.0927. The van der Waals surface area contributed by atoms with E-state index >= 15 is 0 Å². The van der Waals surface area contributed by atoms with Crippen molar-refractivity contribution in [2.24, 2.45) is 0 Å². The van der Waals surface area contributed by atoms with Gasteiger partial charge in [-0.15, -0.1) is 0 Å². The molecule has 6 aromatic rings. The number of aromatic nitrogens is 8. The van der Waals surface area contributed by atoms with Gasteiger partial charge in [-0.2, -0.15) is 9.97 Å². The zero-order valence-electron chi connectivity index (χ0n) is 30.9. The number of imidazole rings is 2. The molecule has 1 fully saturated rings. The molecule has 4 aromatic heterocycles. The van der Waals surface area contributed by atoms with Crippen molar-refractivity contribution in [3.63, 3.8) is 0 Å². The van der Waals surface area contributed by atoms with Crippen molar-refractivity contribution in [1.29, 1.82) is 0 Å². The van der Waals surface area contributed by atoms with Crippen molar-refractivity contribution >= 4 is 69.5 Å². The molecule has 0 unspecified atom stereocenters. The highest BCUT2D eigenvalue weighted by molar-refractivity contribution is 6.62. The average molecular weight is 768 g/mol. The molecule has 12 nitrogen and oxygen atoms in total. The Hall–Kier alpha value is -4.01. The second kappa shape index (κ2) is 15.9. The third-order valence-corrected chi connectivity index (χ3v) is 9.35. The zero-order chi connectivity index (χ0) is 38.0. The van der Waals surface area contributed by atoms with Gasteiger partial charge in [0.2, 0.25) is 10.6 Å². The van der Waals surface area contributed by atoms with Crippen LogP contribution in [0.3, 0.4) is 0 Å². The lowest BCUT2D eigenvalue weighted by molar-refractivity contribution is 0.00578. The fourth-order valence-electron chi connectivity index (χ4n) is 5.54. The first-order valence-corrected chi connectivity index (χ1v) is 17.8. The van der Waals surface area contributed by atoms with Gasteiger partial charge in [0.05, 0.1) is 53.2 Å². The maximum absolute atomic E-state index is 6.15. The Bertz CT molecular complexity index is 2140. The smallest absolute Gasteiger partial charge is 0.468 e. The van der Waals surface area contributed by atoms with Crippen molar-refractivity contribution in [1.82, 2.24) is 39.0 Å². The number of ether oxygens (including phenoxy) is 2. The Morgan fingerprint density at radius 2 is 1.15 bits per heavy atom. The first-order valence-electron chi connectivity index (χ1n) is 16.7. The van der Waals surface area contributed by atoms with Crippen molar-refractivity contribution in [2.45, 2.75) is 78.7 Å². The topological polar surface area (TPSA) is 124 Å². The normalized spacial score (nSPS) is 14.7. The van der Waals surface area contributed by atoms with Crippen LogP contribution in [0.5, 0.6) is 12.0 Å². The first kappa shape index (κ1) is 39.2. The van der Waals surface area contributed by atoms with Crippen LogP contribution < -0.4 is 14.9 Å². The van der Waals surface area contributed by atoms with E-state index in [0.29, 0.717) is 17.2 Å². The van der Waals surface area contributed by atoms with E-state index in [9.17, 15) is 0 Å². The summed E-state index contributed by atoms with van der Waals surface area (Å²) in [6, 6.07) is 17.2. The van der Waals surface area contributed by atoms with Crippen LogP contribution in [0.1, 0.15) is 67.5 Å². The minimum absolute atomic E-state index is 0.178. The van der Waals surface area contributed by atoms with Crippen molar-refractivity contribution in [3.8, 4) is 23.3 Å². The van der Waals surface area contributed by atoms with Crippen molar-refractivity contribution in [3.05, 3.63) is 76.6 Å². The molecule has 1 saturated heterocycles. The number of nitrogens with zero attached hydrogens (tertiary/aromatic N) is 8. The second-order valence-corrected chi connectivity index (χ2v) is 14.6. The summed E-state index contributed by atoms with van der Waals surface area (Å²) in [5.74, 6) is 0. The van der Waals surface area contributed by atoms with Gasteiger partial charge in [-0.25, -0.2) is 19.9 Å². The fraction of sp³-hybridized carbons (Fsp3) is 0.389. The molecule has 1 aliphatic heterocycles. The van der Waals surface area contributed by atoms with Gasteiger partial charge >= 0.3 is 7.12 Å². The predicted molar refractivity (Wildman–Crippen MR) is 207 cm³/mol. The van der Waals surface area contributed by atoms with Crippen LogP contribution in [0.15, 0.2) is 60.9 Å². The summed E-state index contributed by atoms with van der Waals surface area (Å²) in [5, 5.41) is 0.782. The molecule has 274 valence electrons. The lowest BCUT2D eigenvalue weighted by Crippen LogP contribution is -2.41. The Morgan fingerprint density at radius 1 is 0.654 bits per heavy atom. The molecule has 1 aliphatic rings. The molecule has 5 heterocycles. The maximum Gasteiger partial charge on any atom is 0.494 e. The molecular weight excluding hydrogens is 726 g/mol. The van der Waals surface area contributed by atoms with Crippen LogP contribution >= 0.6 is 34.8 Å². The molecule has 0 radical (unpaired) electrons. The molecular formula is C36H42BCl3N8O4. The highest BCUT2D eigenvalue weighted by Gasteiger charge is 2.51. The lowest BCUT2D eigenvalue weighted by Gasteiger charge is -2.32. The van der Waals surface area contributed by atoms with Crippen LogP contribution in [0.2, 0.25) is 15.7 Å². The highest BCUT2D eigenvalue weighted by Crippen LogP contribution is 2.37.